The lowest BCUT2D eigenvalue weighted by atomic mass is 10.1. The minimum absolute atomic E-state index is 0.0000463. The summed E-state index contributed by atoms with van der Waals surface area (Å²) in [6.07, 6.45) is 0.182. The molecule has 13 heavy (non-hydrogen) atoms. The average Bonchev–Trinajstić information content (AvgIpc) is 2.04. The maximum Gasteiger partial charge on any atom is 0.135 e. The number of ketones is 1. The summed E-state index contributed by atoms with van der Waals surface area (Å²) in [5.74, 6) is -0.0000463. The number of hydrogen-bond acceptors (Lipinski definition) is 2. The largest absolute Gasteiger partial charge is 0.304 e. The van der Waals surface area contributed by atoms with Crippen LogP contribution >= 0.6 is 11.6 Å². The number of halogens is 1. The first kappa shape index (κ1) is 9.93. The maximum absolute atomic E-state index is 10.7. The molecule has 0 radical (unpaired) electrons. The van der Waals surface area contributed by atoms with Gasteiger partial charge < -0.3 is 5.41 Å². The van der Waals surface area contributed by atoms with Gasteiger partial charge in [0.2, 0.25) is 0 Å². The number of carbonyl (C=O) groups excluding carboxylic acids is 1. The second-order valence-corrected chi connectivity index (χ2v) is 3.30. The Balaban J connectivity index is 2.78. The zero-order valence-electron chi connectivity index (χ0n) is 7.30. The molecule has 0 aliphatic heterocycles. The first-order chi connectivity index (χ1) is 6.09. The van der Waals surface area contributed by atoms with Crippen molar-refractivity contribution in [3.05, 3.63) is 34.9 Å². The van der Waals surface area contributed by atoms with Gasteiger partial charge in [0, 0.05) is 17.2 Å². The van der Waals surface area contributed by atoms with E-state index in [1.807, 2.05) is 0 Å². The van der Waals surface area contributed by atoms with Gasteiger partial charge in [-0.1, -0.05) is 23.7 Å². The highest BCUT2D eigenvalue weighted by Gasteiger charge is 2.03. The lowest BCUT2D eigenvalue weighted by Crippen LogP contribution is -2.04. The standard InChI is InChI=1S/C10H10ClNO/c1-7(13)6-10(12)8-2-4-9(11)5-3-8/h2-5,12H,6H2,1H3. The fraction of sp³-hybridized carbons (Fsp3) is 0.200. The predicted molar refractivity (Wildman–Crippen MR) is 53.6 cm³/mol. The summed E-state index contributed by atoms with van der Waals surface area (Å²) in [7, 11) is 0. The molecule has 0 saturated heterocycles. The van der Waals surface area contributed by atoms with Crippen LogP contribution in [0.2, 0.25) is 5.02 Å². The summed E-state index contributed by atoms with van der Waals surface area (Å²) in [6.45, 7) is 1.48. The molecule has 0 heterocycles. The average molecular weight is 196 g/mol. The van der Waals surface area contributed by atoms with Gasteiger partial charge in [0.15, 0.2) is 0 Å². The van der Waals surface area contributed by atoms with E-state index in [1.165, 1.54) is 6.92 Å². The van der Waals surface area contributed by atoms with Crippen molar-refractivity contribution in [1.29, 1.82) is 5.41 Å². The highest BCUT2D eigenvalue weighted by molar-refractivity contribution is 6.30. The van der Waals surface area contributed by atoms with Gasteiger partial charge in [0.1, 0.15) is 5.78 Å². The van der Waals surface area contributed by atoms with E-state index in [0.717, 1.165) is 5.56 Å². The molecule has 0 atom stereocenters. The van der Waals surface area contributed by atoms with Crippen molar-refractivity contribution in [2.24, 2.45) is 0 Å². The van der Waals surface area contributed by atoms with E-state index >= 15 is 0 Å². The van der Waals surface area contributed by atoms with E-state index in [2.05, 4.69) is 0 Å². The number of benzene rings is 1. The molecule has 1 aromatic carbocycles. The first-order valence-corrected chi connectivity index (χ1v) is 4.30. The number of carbonyl (C=O) groups is 1. The van der Waals surface area contributed by atoms with Gasteiger partial charge in [-0.2, -0.15) is 0 Å². The Morgan fingerprint density at radius 2 is 1.92 bits per heavy atom. The first-order valence-electron chi connectivity index (χ1n) is 3.92. The number of rotatable bonds is 3. The normalized spacial score (nSPS) is 9.69. The van der Waals surface area contributed by atoms with Crippen LogP contribution in [0, 0.1) is 5.41 Å². The molecule has 0 unspecified atom stereocenters. The van der Waals surface area contributed by atoms with Gasteiger partial charge in [-0.3, -0.25) is 4.79 Å². The van der Waals surface area contributed by atoms with Crippen molar-refractivity contribution >= 4 is 23.1 Å². The molecule has 1 rings (SSSR count). The molecule has 0 aliphatic rings. The van der Waals surface area contributed by atoms with Crippen LogP contribution in [0.5, 0.6) is 0 Å². The van der Waals surface area contributed by atoms with Gasteiger partial charge in [-0.15, -0.1) is 0 Å². The predicted octanol–water partition coefficient (Wildman–Crippen LogP) is 2.69. The lowest BCUT2D eigenvalue weighted by Gasteiger charge is -2.00. The summed E-state index contributed by atoms with van der Waals surface area (Å²) < 4.78 is 0. The number of hydrogen-bond donors (Lipinski definition) is 1. The Kier molecular flexibility index (Phi) is 3.20. The second kappa shape index (κ2) is 4.19. The van der Waals surface area contributed by atoms with Gasteiger partial charge in [-0.25, -0.2) is 0 Å². The smallest absolute Gasteiger partial charge is 0.135 e. The monoisotopic (exact) mass is 195 g/mol. The zero-order valence-corrected chi connectivity index (χ0v) is 8.06. The van der Waals surface area contributed by atoms with Crippen LogP contribution in [0.25, 0.3) is 0 Å². The Labute approximate surface area is 82.0 Å². The molecule has 0 fully saturated rings. The van der Waals surface area contributed by atoms with Crippen LogP contribution in [0.1, 0.15) is 18.9 Å². The SMILES string of the molecule is CC(=O)CC(=N)c1ccc(Cl)cc1. The highest BCUT2D eigenvalue weighted by Crippen LogP contribution is 2.10. The second-order valence-electron chi connectivity index (χ2n) is 2.86. The molecule has 0 spiro atoms. The number of Topliss-reactive ketones (excluding diaryl/α,β-unsaturated/α-hetero) is 1. The molecule has 3 heteroatoms. The van der Waals surface area contributed by atoms with E-state index in [9.17, 15) is 4.79 Å². The minimum Gasteiger partial charge on any atom is -0.304 e. The highest BCUT2D eigenvalue weighted by atomic mass is 35.5. The molecule has 1 N–H and O–H groups in total. The Bertz CT molecular complexity index is 329. The third-order valence-corrected chi connectivity index (χ3v) is 1.87. The molecule has 0 aromatic heterocycles. The third kappa shape index (κ3) is 2.99. The summed E-state index contributed by atoms with van der Waals surface area (Å²) in [6, 6.07) is 6.92. The third-order valence-electron chi connectivity index (χ3n) is 1.62. The maximum atomic E-state index is 10.7. The van der Waals surface area contributed by atoms with Crippen molar-refractivity contribution in [3.63, 3.8) is 0 Å². The fourth-order valence-electron chi connectivity index (χ4n) is 1.00. The molecule has 1 aromatic rings. The summed E-state index contributed by atoms with van der Waals surface area (Å²) in [5.41, 5.74) is 1.09. The quantitative estimate of drug-likeness (QED) is 0.741. The van der Waals surface area contributed by atoms with E-state index in [-0.39, 0.29) is 12.2 Å². The van der Waals surface area contributed by atoms with Crippen molar-refractivity contribution < 1.29 is 4.79 Å². The van der Waals surface area contributed by atoms with Crippen LogP contribution in [0.15, 0.2) is 24.3 Å². The minimum atomic E-state index is -0.0000463. The fourth-order valence-corrected chi connectivity index (χ4v) is 1.13. The van der Waals surface area contributed by atoms with Gasteiger partial charge in [-0.05, 0) is 24.6 Å². The van der Waals surface area contributed by atoms with Crippen LogP contribution in [-0.4, -0.2) is 11.5 Å². The van der Waals surface area contributed by atoms with Gasteiger partial charge in [0.05, 0.1) is 0 Å². The van der Waals surface area contributed by atoms with E-state index in [4.69, 9.17) is 17.0 Å². The molecule has 0 amide bonds. The van der Waals surface area contributed by atoms with Crippen molar-refractivity contribution in [1.82, 2.24) is 0 Å². The molecular formula is C10H10ClNO. The topological polar surface area (TPSA) is 40.9 Å². The van der Waals surface area contributed by atoms with Crippen molar-refractivity contribution in [2.75, 3.05) is 0 Å². The molecule has 0 aliphatic carbocycles. The molecular weight excluding hydrogens is 186 g/mol. The molecule has 2 nitrogen and oxygen atoms in total. The summed E-state index contributed by atoms with van der Waals surface area (Å²) >= 11 is 5.68. The van der Waals surface area contributed by atoms with Gasteiger partial charge >= 0.3 is 0 Å². The lowest BCUT2D eigenvalue weighted by molar-refractivity contribution is -0.115. The number of nitrogens with one attached hydrogen (secondary N) is 1. The van der Waals surface area contributed by atoms with Gasteiger partial charge in [0.25, 0.3) is 0 Å². The van der Waals surface area contributed by atoms with Crippen LogP contribution in [0.4, 0.5) is 0 Å². The van der Waals surface area contributed by atoms with Crippen molar-refractivity contribution in [3.8, 4) is 0 Å². The Hall–Kier alpha value is -1.15. The van der Waals surface area contributed by atoms with Crippen LogP contribution in [0.3, 0.4) is 0 Å². The molecule has 68 valence electrons. The van der Waals surface area contributed by atoms with E-state index < -0.39 is 0 Å². The Morgan fingerprint density at radius 3 is 2.38 bits per heavy atom. The van der Waals surface area contributed by atoms with Crippen LogP contribution < -0.4 is 0 Å². The molecule has 0 saturated carbocycles. The summed E-state index contributed by atoms with van der Waals surface area (Å²) in [4.78, 5) is 10.7. The van der Waals surface area contributed by atoms with Crippen LogP contribution in [-0.2, 0) is 4.79 Å². The zero-order chi connectivity index (χ0) is 9.84. The Morgan fingerprint density at radius 1 is 1.38 bits per heavy atom. The summed E-state index contributed by atoms with van der Waals surface area (Å²) in [5, 5.41) is 8.20. The molecule has 0 bridgehead atoms. The van der Waals surface area contributed by atoms with Crippen molar-refractivity contribution in [2.45, 2.75) is 13.3 Å². The van der Waals surface area contributed by atoms with E-state index in [0.29, 0.717) is 10.7 Å². The van der Waals surface area contributed by atoms with E-state index in [1.54, 1.807) is 24.3 Å².